The van der Waals surface area contributed by atoms with Crippen LogP contribution in [0.3, 0.4) is 0 Å². The van der Waals surface area contributed by atoms with Gasteiger partial charge in [0.25, 0.3) is 0 Å². The Kier molecular flexibility index (Phi) is 3.30. The summed E-state index contributed by atoms with van der Waals surface area (Å²) in [5, 5.41) is 16.5. The number of halogens is 2. The van der Waals surface area contributed by atoms with E-state index in [9.17, 15) is 9.59 Å². The Bertz CT molecular complexity index is 165. The van der Waals surface area contributed by atoms with Gasteiger partial charge in [0.15, 0.2) is 3.23 Å². The first-order valence-corrected chi connectivity index (χ1v) is 3.78. The molecular formula is C4H4Br2O4. The van der Waals surface area contributed by atoms with E-state index in [2.05, 4.69) is 31.9 Å². The van der Waals surface area contributed by atoms with Gasteiger partial charge in [0.1, 0.15) is 0 Å². The fourth-order valence-electron chi connectivity index (χ4n) is 0.266. The summed E-state index contributed by atoms with van der Waals surface area (Å²) in [5.41, 5.74) is 0. The van der Waals surface area contributed by atoms with E-state index in [0.29, 0.717) is 0 Å². The van der Waals surface area contributed by atoms with Crippen molar-refractivity contribution in [2.75, 3.05) is 0 Å². The van der Waals surface area contributed by atoms with Crippen molar-refractivity contribution >= 4 is 43.8 Å². The number of rotatable bonds is 3. The SMILES string of the molecule is O=C(O)CC(Br)(Br)C(=O)O. The minimum Gasteiger partial charge on any atom is -0.481 e. The fourth-order valence-corrected chi connectivity index (χ4v) is 0.745. The number of aliphatic carboxylic acids is 2. The highest BCUT2D eigenvalue weighted by molar-refractivity contribution is 9.25. The van der Waals surface area contributed by atoms with Gasteiger partial charge in [-0.15, -0.1) is 0 Å². The topological polar surface area (TPSA) is 74.6 Å². The Labute approximate surface area is 73.5 Å². The molecule has 0 atom stereocenters. The molecule has 0 fully saturated rings. The van der Waals surface area contributed by atoms with Crippen LogP contribution in [0.25, 0.3) is 0 Å². The molecule has 0 aliphatic heterocycles. The van der Waals surface area contributed by atoms with Crippen LogP contribution in [0.4, 0.5) is 0 Å². The first-order valence-electron chi connectivity index (χ1n) is 2.19. The third kappa shape index (κ3) is 3.17. The summed E-state index contributed by atoms with van der Waals surface area (Å²) in [6, 6.07) is 0. The summed E-state index contributed by atoms with van der Waals surface area (Å²) in [6.07, 6.45) is -0.512. The van der Waals surface area contributed by atoms with Gasteiger partial charge in [-0.05, 0) is 0 Å². The van der Waals surface area contributed by atoms with Crippen LogP contribution < -0.4 is 0 Å². The maximum absolute atomic E-state index is 10.2. The Balaban J connectivity index is 4.13. The quantitative estimate of drug-likeness (QED) is 0.755. The number of alkyl halides is 2. The van der Waals surface area contributed by atoms with Crippen molar-refractivity contribution in [1.29, 1.82) is 0 Å². The lowest BCUT2D eigenvalue weighted by Gasteiger charge is -2.10. The Morgan fingerprint density at radius 1 is 1.30 bits per heavy atom. The summed E-state index contributed by atoms with van der Waals surface area (Å²) in [6.45, 7) is 0. The highest BCUT2D eigenvalue weighted by Gasteiger charge is 2.34. The van der Waals surface area contributed by atoms with Crippen LogP contribution in [-0.2, 0) is 9.59 Å². The molecule has 6 heteroatoms. The molecule has 10 heavy (non-hydrogen) atoms. The second-order valence-electron chi connectivity index (χ2n) is 1.58. The zero-order valence-corrected chi connectivity index (χ0v) is 7.85. The zero-order chi connectivity index (χ0) is 8.36. The van der Waals surface area contributed by atoms with E-state index in [1.54, 1.807) is 0 Å². The summed E-state index contributed by atoms with van der Waals surface area (Å²) in [7, 11) is 0. The molecule has 0 aromatic rings. The maximum Gasteiger partial charge on any atom is 0.332 e. The largest absolute Gasteiger partial charge is 0.481 e. The highest BCUT2D eigenvalue weighted by Crippen LogP contribution is 2.30. The van der Waals surface area contributed by atoms with E-state index in [0.717, 1.165) is 0 Å². The maximum atomic E-state index is 10.2. The van der Waals surface area contributed by atoms with Crippen molar-refractivity contribution in [2.45, 2.75) is 9.65 Å². The van der Waals surface area contributed by atoms with Gasteiger partial charge >= 0.3 is 11.9 Å². The standard InChI is InChI=1S/C4H4Br2O4/c5-4(6,3(9)10)1-2(7)8/h1H2,(H,7,8)(H,9,10). The van der Waals surface area contributed by atoms with E-state index < -0.39 is 21.6 Å². The van der Waals surface area contributed by atoms with E-state index in [4.69, 9.17) is 10.2 Å². The van der Waals surface area contributed by atoms with Gasteiger partial charge in [0.05, 0.1) is 6.42 Å². The predicted molar refractivity (Wildman–Crippen MR) is 40.5 cm³/mol. The average molecular weight is 276 g/mol. The van der Waals surface area contributed by atoms with Crippen molar-refractivity contribution in [2.24, 2.45) is 0 Å². The Morgan fingerprint density at radius 2 is 1.70 bits per heavy atom. The van der Waals surface area contributed by atoms with Gasteiger partial charge < -0.3 is 10.2 Å². The van der Waals surface area contributed by atoms with Gasteiger partial charge in [-0.25, -0.2) is 4.79 Å². The lowest BCUT2D eigenvalue weighted by molar-refractivity contribution is -0.143. The summed E-state index contributed by atoms with van der Waals surface area (Å²) in [4.78, 5) is 20.2. The van der Waals surface area contributed by atoms with Gasteiger partial charge in [-0.2, -0.15) is 0 Å². The molecule has 4 nitrogen and oxygen atoms in total. The molecule has 0 spiro atoms. The van der Waals surface area contributed by atoms with Crippen molar-refractivity contribution < 1.29 is 19.8 Å². The van der Waals surface area contributed by atoms with Gasteiger partial charge in [-0.1, -0.05) is 31.9 Å². The van der Waals surface area contributed by atoms with Crippen LogP contribution in [0.5, 0.6) is 0 Å². The highest BCUT2D eigenvalue weighted by atomic mass is 79.9. The molecule has 58 valence electrons. The number of carboxylic acid groups (broad SMARTS) is 2. The molecular weight excluding hydrogens is 272 g/mol. The van der Waals surface area contributed by atoms with Crippen LogP contribution in [0, 0.1) is 0 Å². The molecule has 0 heterocycles. The van der Waals surface area contributed by atoms with Gasteiger partial charge in [-0.3, -0.25) is 4.79 Å². The number of hydrogen-bond acceptors (Lipinski definition) is 2. The Morgan fingerprint density at radius 3 is 1.80 bits per heavy atom. The third-order valence-electron chi connectivity index (χ3n) is 0.686. The second kappa shape index (κ2) is 3.34. The third-order valence-corrected chi connectivity index (χ3v) is 1.93. The molecule has 0 aliphatic carbocycles. The zero-order valence-electron chi connectivity index (χ0n) is 4.67. The summed E-state index contributed by atoms with van der Waals surface area (Å²) < 4.78 is -1.54. The molecule has 0 aliphatic rings. The first kappa shape index (κ1) is 9.90. The van der Waals surface area contributed by atoms with E-state index in [-0.39, 0.29) is 0 Å². The van der Waals surface area contributed by atoms with E-state index in [1.165, 1.54) is 0 Å². The van der Waals surface area contributed by atoms with Crippen LogP contribution in [0.2, 0.25) is 0 Å². The molecule has 2 N–H and O–H groups in total. The van der Waals surface area contributed by atoms with Gasteiger partial charge in [0.2, 0.25) is 0 Å². The number of carbonyl (C=O) groups is 2. The molecule has 0 bridgehead atoms. The minimum atomic E-state index is -1.54. The van der Waals surface area contributed by atoms with E-state index >= 15 is 0 Å². The van der Waals surface area contributed by atoms with Crippen LogP contribution in [0.1, 0.15) is 6.42 Å². The van der Waals surface area contributed by atoms with Crippen molar-refractivity contribution in [1.82, 2.24) is 0 Å². The smallest absolute Gasteiger partial charge is 0.332 e. The summed E-state index contributed by atoms with van der Waals surface area (Å²) in [5.74, 6) is -2.44. The normalized spacial score (nSPS) is 11.0. The molecule has 0 saturated carbocycles. The van der Waals surface area contributed by atoms with Crippen molar-refractivity contribution in [3.63, 3.8) is 0 Å². The van der Waals surface area contributed by atoms with Gasteiger partial charge in [0, 0.05) is 0 Å². The second-order valence-corrected chi connectivity index (χ2v) is 5.35. The van der Waals surface area contributed by atoms with E-state index in [1.807, 2.05) is 0 Å². The monoisotopic (exact) mass is 274 g/mol. The molecule has 0 aromatic carbocycles. The van der Waals surface area contributed by atoms with Crippen LogP contribution >= 0.6 is 31.9 Å². The van der Waals surface area contributed by atoms with Crippen LogP contribution in [0.15, 0.2) is 0 Å². The predicted octanol–water partition coefficient (Wildman–Crippen LogP) is 1.03. The minimum absolute atomic E-state index is 0.512. The molecule has 0 unspecified atom stereocenters. The number of carboxylic acids is 2. The number of hydrogen-bond donors (Lipinski definition) is 2. The lowest BCUT2D eigenvalue weighted by Crippen LogP contribution is -2.27. The molecule has 0 rings (SSSR count). The fraction of sp³-hybridized carbons (Fsp3) is 0.500. The lowest BCUT2D eigenvalue weighted by atomic mass is 10.3. The van der Waals surface area contributed by atoms with Crippen molar-refractivity contribution in [3.05, 3.63) is 0 Å². The molecule has 0 amide bonds. The Hall–Kier alpha value is -0.100. The average Bonchev–Trinajstić information content (AvgIpc) is 1.60. The van der Waals surface area contributed by atoms with Crippen LogP contribution in [-0.4, -0.2) is 25.4 Å². The molecule has 0 radical (unpaired) electrons. The summed E-state index contributed by atoms with van der Waals surface area (Å²) >= 11 is 5.37. The van der Waals surface area contributed by atoms with Crippen molar-refractivity contribution in [3.8, 4) is 0 Å². The first-order chi connectivity index (χ1) is 4.36. The molecule has 0 aromatic heterocycles. The molecule has 0 saturated heterocycles.